The van der Waals surface area contributed by atoms with Crippen molar-refractivity contribution in [3.05, 3.63) is 58.9 Å². The molecule has 0 fully saturated rings. The minimum absolute atomic E-state index is 0.0299. The van der Waals surface area contributed by atoms with Crippen LogP contribution in [0.15, 0.2) is 42.5 Å². The maximum absolute atomic E-state index is 13.9. The number of methoxy groups -OCH3 is 1. The average Bonchev–Trinajstić information content (AvgIpc) is 2.46. The van der Waals surface area contributed by atoms with Crippen LogP contribution in [0.4, 0.5) is 4.39 Å². The summed E-state index contributed by atoms with van der Waals surface area (Å²) < 4.78 is 24.0. The summed E-state index contributed by atoms with van der Waals surface area (Å²) in [6.45, 7) is -0.258. The third-order valence-corrected chi connectivity index (χ3v) is 2.92. The maximum Gasteiger partial charge on any atom is 0.203 e. The van der Waals surface area contributed by atoms with Gasteiger partial charge in [-0.1, -0.05) is 17.7 Å². The Morgan fingerprint density at radius 1 is 1.20 bits per heavy atom. The monoisotopic (exact) mass is 294 g/mol. The normalized spacial score (nSPS) is 10.2. The number of carbonyl (C=O) groups excluding carboxylic acids is 1. The fraction of sp³-hybridized carbons (Fsp3) is 0.133. The summed E-state index contributed by atoms with van der Waals surface area (Å²) in [5, 5.41) is 0.572. The van der Waals surface area contributed by atoms with Gasteiger partial charge < -0.3 is 9.47 Å². The predicted octanol–water partition coefficient (Wildman–Crippen LogP) is 3.75. The largest absolute Gasteiger partial charge is 0.494 e. The number of halogens is 2. The molecule has 0 N–H and O–H groups in total. The van der Waals surface area contributed by atoms with Crippen molar-refractivity contribution in [3.63, 3.8) is 0 Å². The van der Waals surface area contributed by atoms with Gasteiger partial charge in [0.05, 0.1) is 12.7 Å². The van der Waals surface area contributed by atoms with E-state index in [0.717, 1.165) is 0 Å². The fourth-order valence-electron chi connectivity index (χ4n) is 1.64. The Hall–Kier alpha value is -2.07. The first-order chi connectivity index (χ1) is 9.61. The van der Waals surface area contributed by atoms with Crippen molar-refractivity contribution in [3.8, 4) is 11.5 Å². The molecule has 0 atom stereocenters. The Balaban J connectivity index is 2.07. The molecule has 2 rings (SSSR count). The molecule has 0 aliphatic rings. The number of benzene rings is 2. The molecule has 0 saturated carbocycles. The highest BCUT2D eigenvalue weighted by Gasteiger charge is 2.15. The van der Waals surface area contributed by atoms with E-state index in [-0.39, 0.29) is 17.9 Å². The van der Waals surface area contributed by atoms with E-state index in [1.54, 1.807) is 30.3 Å². The van der Waals surface area contributed by atoms with Gasteiger partial charge in [0.1, 0.15) is 5.75 Å². The molecule has 3 nitrogen and oxygen atoms in total. The van der Waals surface area contributed by atoms with E-state index in [2.05, 4.69) is 0 Å². The number of hydrogen-bond donors (Lipinski definition) is 0. The summed E-state index contributed by atoms with van der Waals surface area (Å²) in [6.07, 6.45) is 0. The number of carbonyl (C=O) groups is 1. The summed E-state index contributed by atoms with van der Waals surface area (Å²) in [6, 6.07) is 11.0. The van der Waals surface area contributed by atoms with Crippen molar-refractivity contribution < 1.29 is 18.7 Å². The zero-order chi connectivity index (χ0) is 14.5. The van der Waals surface area contributed by atoms with Gasteiger partial charge in [0.25, 0.3) is 0 Å². The summed E-state index contributed by atoms with van der Waals surface area (Å²) in [5.74, 6) is -0.621. The molecule has 0 aliphatic carbocycles. The van der Waals surface area contributed by atoms with Crippen molar-refractivity contribution in [1.82, 2.24) is 0 Å². The molecule has 0 heterocycles. The first kappa shape index (κ1) is 14.3. The summed E-state index contributed by atoms with van der Waals surface area (Å²) in [4.78, 5) is 11.9. The third kappa shape index (κ3) is 3.27. The molecule has 0 aliphatic heterocycles. The number of rotatable bonds is 5. The minimum Gasteiger partial charge on any atom is -0.494 e. The van der Waals surface area contributed by atoms with E-state index >= 15 is 0 Å². The van der Waals surface area contributed by atoms with Crippen LogP contribution in [0.1, 0.15) is 10.4 Å². The van der Waals surface area contributed by atoms with E-state index in [9.17, 15) is 9.18 Å². The third-order valence-electron chi connectivity index (χ3n) is 2.67. The first-order valence-corrected chi connectivity index (χ1v) is 6.23. The van der Waals surface area contributed by atoms with Gasteiger partial charge in [-0.25, -0.2) is 4.39 Å². The highest BCUT2D eigenvalue weighted by Crippen LogP contribution is 2.21. The second-order valence-corrected chi connectivity index (χ2v) is 4.42. The van der Waals surface area contributed by atoms with E-state index < -0.39 is 11.6 Å². The summed E-state index contributed by atoms with van der Waals surface area (Å²) >= 11 is 5.74. The average molecular weight is 295 g/mol. The molecule has 0 aromatic heterocycles. The molecule has 20 heavy (non-hydrogen) atoms. The van der Waals surface area contributed by atoms with E-state index in [4.69, 9.17) is 21.1 Å². The zero-order valence-electron chi connectivity index (χ0n) is 10.7. The van der Waals surface area contributed by atoms with Crippen LogP contribution in [0, 0.1) is 5.82 Å². The van der Waals surface area contributed by atoms with Crippen LogP contribution in [0.3, 0.4) is 0 Å². The van der Waals surface area contributed by atoms with Gasteiger partial charge in [0, 0.05) is 5.02 Å². The molecule has 0 amide bonds. The molecule has 0 unspecified atom stereocenters. The lowest BCUT2D eigenvalue weighted by Gasteiger charge is -2.08. The van der Waals surface area contributed by atoms with E-state index in [1.807, 2.05) is 0 Å². The standard InChI is InChI=1S/C15H12ClFO3/c1-19-14-4-2-3-12(15(14)17)13(18)9-20-11-7-5-10(16)6-8-11/h2-8H,9H2,1H3. The first-order valence-electron chi connectivity index (χ1n) is 5.86. The number of ether oxygens (including phenoxy) is 2. The van der Waals surface area contributed by atoms with Gasteiger partial charge in [-0.15, -0.1) is 0 Å². The van der Waals surface area contributed by atoms with E-state index in [0.29, 0.717) is 10.8 Å². The second-order valence-electron chi connectivity index (χ2n) is 3.99. The quantitative estimate of drug-likeness (QED) is 0.788. The number of hydrogen-bond acceptors (Lipinski definition) is 3. The molecule has 2 aromatic rings. The zero-order valence-corrected chi connectivity index (χ0v) is 11.5. The topological polar surface area (TPSA) is 35.5 Å². The summed E-state index contributed by atoms with van der Waals surface area (Å²) in [5.41, 5.74) is -0.0571. The van der Waals surface area contributed by atoms with Crippen molar-refractivity contribution in [2.24, 2.45) is 0 Å². The van der Waals surface area contributed by atoms with Crippen molar-refractivity contribution in [2.75, 3.05) is 13.7 Å². The van der Waals surface area contributed by atoms with E-state index in [1.165, 1.54) is 19.2 Å². The molecule has 2 aromatic carbocycles. The Morgan fingerprint density at radius 2 is 1.90 bits per heavy atom. The lowest BCUT2D eigenvalue weighted by atomic mass is 10.1. The van der Waals surface area contributed by atoms with Gasteiger partial charge in [-0.05, 0) is 36.4 Å². The Kier molecular flexibility index (Phi) is 4.58. The Labute approximate surface area is 120 Å². The molecule has 0 spiro atoms. The maximum atomic E-state index is 13.9. The van der Waals surface area contributed by atoms with Crippen LogP contribution >= 0.6 is 11.6 Å². The fourth-order valence-corrected chi connectivity index (χ4v) is 1.77. The Bertz CT molecular complexity index is 611. The number of Topliss-reactive ketones (excluding diaryl/α,β-unsaturated/α-hetero) is 1. The van der Waals surface area contributed by atoms with Gasteiger partial charge in [-0.2, -0.15) is 0 Å². The Morgan fingerprint density at radius 3 is 2.55 bits per heavy atom. The second kappa shape index (κ2) is 6.39. The highest BCUT2D eigenvalue weighted by atomic mass is 35.5. The van der Waals surface area contributed by atoms with Crippen LogP contribution in [0.5, 0.6) is 11.5 Å². The van der Waals surface area contributed by atoms with Crippen molar-refractivity contribution in [2.45, 2.75) is 0 Å². The summed E-state index contributed by atoms with van der Waals surface area (Å²) in [7, 11) is 1.34. The SMILES string of the molecule is COc1cccc(C(=O)COc2ccc(Cl)cc2)c1F. The predicted molar refractivity (Wildman–Crippen MR) is 74.2 cm³/mol. The molecule has 0 radical (unpaired) electrons. The smallest absolute Gasteiger partial charge is 0.203 e. The van der Waals surface area contributed by atoms with Crippen LogP contribution in [-0.4, -0.2) is 19.5 Å². The lowest BCUT2D eigenvalue weighted by molar-refractivity contribution is 0.0916. The van der Waals surface area contributed by atoms with Gasteiger partial charge in [0.2, 0.25) is 5.78 Å². The molecule has 5 heteroatoms. The molecule has 0 bridgehead atoms. The van der Waals surface area contributed by atoms with Crippen molar-refractivity contribution >= 4 is 17.4 Å². The van der Waals surface area contributed by atoms with Crippen molar-refractivity contribution in [1.29, 1.82) is 0 Å². The van der Waals surface area contributed by atoms with Crippen LogP contribution in [0.25, 0.3) is 0 Å². The minimum atomic E-state index is -0.681. The molecule has 0 saturated heterocycles. The molecule has 104 valence electrons. The number of ketones is 1. The van der Waals surface area contributed by atoms with Gasteiger partial charge in [0.15, 0.2) is 18.2 Å². The van der Waals surface area contributed by atoms with Gasteiger partial charge >= 0.3 is 0 Å². The van der Waals surface area contributed by atoms with Gasteiger partial charge in [-0.3, -0.25) is 4.79 Å². The van der Waals surface area contributed by atoms with Crippen LogP contribution in [-0.2, 0) is 0 Å². The van der Waals surface area contributed by atoms with Crippen LogP contribution < -0.4 is 9.47 Å². The molecular formula is C15H12ClFO3. The molecular weight excluding hydrogens is 283 g/mol. The van der Waals surface area contributed by atoms with Crippen LogP contribution in [0.2, 0.25) is 5.02 Å². The highest BCUT2D eigenvalue weighted by molar-refractivity contribution is 6.30. The lowest BCUT2D eigenvalue weighted by Crippen LogP contribution is -2.13.